The molecule has 4 nitrogen and oxygen atoms in total. The summed E-state index contributed by atoms with van der Waals surface area (Å²) in [4.78, 5) is 11.6. The lowest BCUT2D eigenvalue weighted by Crippen LogP contribution is -2.18. The molecule has 1 aromatic rings. The molecule has 16 heavy (non-hydrogen) atoms. The zero-order valence-corrected chi connectivity index (χ0v) is 10.6. The lowest BCUT2D eigenvalue weighted by atomic mass is 10.2. The summed E-state index contributed by atoms with van der Waals surface area (Å²) in [5, 5.41) is 13.1. The molecular formula is C10H12N2O2S2. The van der Waals surface area contributed by atoms with Gasteiger partial charge in [-0.1, -0.05) is 6.07 Å². The Balaban J connectivity index is 2.69. The summed E-state index contributed by atoms with van der Waals surface area (Å²) in [5.74, 6) is -0.275. The molecule has 0 saturated carbocycles. The van der Waals surface area contributed by atoms with Gasteiger partial charge in [-0.3, -0.25) is 4.79 Å². The molecule has 0 radical (unpaired) electrons. The molecule has 0 heterocycles. The van der Waals surface area contributed by atoms with Crippen molar-refractivity contribution in [3.05, 3.63) is 29.8 Å². The minimum atomic E-state index is -0.337. The van der Waals surface area contributed by atoms with Gasteiger partial charge in [-0.15, -0.1) is 23.5 Å². The Kier molecular flexibility index (Phi) is 5.21. The van der Waals surface area contributed by atoms with E-state index in [1.807, 2.05) is 12.5 Å². The van der Waals surface area contributed by atoms with E-state index in [0.717, 1.165) is 4.38 Å². The quantitative estimate of drug-likeness (QED) is 0.483. The highest BCUT2D eigenvalue weighted by Gasteiger charge is 2.05. The zero-order chi connectivity index (χ0) is 12.0. The molecule has 0 aromatic heterocycles. The lowest BCUT2D eigenvalue weighted by Gasteiger charge is -2.02. The number of phenols is 1. The lowest BCUT2D eigenvalue weighted by molar-refractivity contribution is 0.0955. The third-order valence-corrected chi connectivity index (χ3v) is 3.59. The van der Waals surface area contributed by atoms with Crippen molar-refractivity contribution in [3.8, 4) is 5.75 Å². The van der Waals surface area contributed by atoms with E-state index in [0.29, 0.717) is 5.56 Å². The van der Waals surface area contributed by atoms with Crippen LogP contribution in [0.1, 0.15) is 10.4 Å². The van der Waals surface area contributed by atoms with Crippen LogP contribution in [0.5, 0.6) is 5.75 Å². The number of amides is 1. The largest absolute Gasteiger partial charge is 0.508 e. The second kappa shape index (κ2) is 6.44. The highest BCUT2D eigenvalue weighted by atomic mass is 32.2. The van der Waals surface area contributed by atoms with Gasteiger partial charge >= 0.3 is 0 Å². The summed E-state index contributed by atoms with van der Waals surface area (Å²) in [6, 6.07) is 6.12. The van der Waals surface area contributed by atoms with Gasteiger partial charge in [-0.25, -0.2) is 5.43 Å². The topological polar surface area (TPSA) is 61.7 Å². The van der Waals surface area contributed by atoms with Crippen molar-refractivity contribution in [2.75, 3.05) is 12.5 Å². The molecule has 0 aliphatic heterocycles. The number of aromatic hydroxyl groups is 1. The number of hydrogen-bond donors (Lipinski definition) is 2. The first-order chi connectivity index (χ1) is 7.67. The van der Waals surface area contributed by atoms with Crippen molar-refractivity contribution < 1.29 is 9.90 Å². The summed E-state index contributed by atoms with van der Waals surface area (Å²) in [5.41, 5.74) is 2.80. The van der Waals surface area contributed by atoms with Gasteiger partial charge in [0.25, 0.3) is 5.91 Å². The number of hydrogen-bond acceptors (Lipinski definition) is 5. The van der Waals surface area contributed by atoms with Crippen LogP contribution in [0.25, 0.3) is 0 Å². The molecule has 0 aliphatic rings. The van der Waals surface area contributed by atoms with Gasteiger partial charge in [0, 0.05) is 5.56 Å². The van der Waals surface area contributed by atoms with Crippen molar-refractivity contribution >= 4 is 33.8 Å². The Hall–Kier alpha value is -1.14. The predicted octanol–water partition coefficient (Wildman–Crippen LogP) is 2.12. The smallest absolute Gasteiger partial charge is 0.271 e. The fourth-order valence-electron chi connectivity index (χ4n) is 0.983. The number of phenolic OH excluding ortho intramolecular Hbond substituents is 1. The van der Waals surface area contributed by atoms with E-state index in [9.17, 15) is 9.90 Å². The molecule has 86 valence electrons. The van der Waals surface area contributed by atoms with Gasteiger partial charge in [0.05, 0.1) is 0 Å². The first-order valence-corrected chi connectivity index (χ1v) is 6.87. The Bertz CT molecular complexity index is 402. The van der Waals surface area contributed by atoms with Crippen LogP contribution in [0.2, 0.25) is 0 Å². The average molecular weight is 256 g/mol. The summed E-state index contributed by atoms with van der Waals surface area (Å²) < 4.78 is 0.772. The molecule has 0 saturated heterocycles. The van der Waals surface area contributed by atoms with Gasteiger partial charge < -0.3 is 5.11 Å². The standard InChI is InChI=1S/C10H12N2O2S2/c1-15-10(16-2)12-11-9(14)7-4-3-5-8(13)6-7/h3-6,13H,1-2H3,(H,11,14). The number of nitrogens with one attached hydrogen (secondary N) is 1. The second-order valence-corrected chi connectivity index (χ2v) is 4.63. The molecular weight excluding hydrogens is 244 g/mol. The maximum Gasteiger partial charge on any atom is 0.271 e. The zero-order valence-electron chi connectivity index (χ0n) is 8.93. The van der Waals surface area contributed by atoms with Gasteiger partial charge in [-0.05, 0) is 30.7 Å². The van der Waals surface area contributed by atoms with Gasteiger partial charge in [-0.2, -0.15) is 5.10 Å². The van der Waals surface area contributed by atoms with Crippen molar-refractivity contribution in [2.24, 2.45) is 5.10 Å². The van der Waals surface area contributed by atoms with E-state index in [1.54, 1.807) is 12.1 Å². The molecule has 1 amide bonds. The van der Waals surface area contributed by atoms with E-state index < -0.39 is 0 Å². The average Bonchev–Trinajstić information content (AvgIpc) is 2.30. The molecule has 0 fully saturated rings. The third-order valence-electron chi connectivity index (χ3n) is 1.71. The number of carbonyl (C=O) groups excluding carboxylic acids is 1. The molecule has 1 rings (SSSR count). The monoisotopic (exact) mass is 256 g/mol. The molecule has 2 N–H and O–H groups in total. The normalized spacial score (nSPS) is 9.62. The maximum absolute atomic E-state index is 11.6. The van der Waals surface area contributed by atoms with Crippen molar-refractivity contribution in [1.29, 1.82) is 0 Å². The number of benzene rings is 1. The van der Waals surface area contributed by atoms with E-state index in [1.165, 1.54) is 35.7 Å². The van der Waals surface area contributed by atoms with Crippen LogP contribution in [0.3, 0.4) is 0 Å². The van der Waals surface area contributed by atoms with Crippen LogP contribution in [-0.2, 0) is 0 Å². The number of nitrogens with zero attached hydrogens (tertiary/aromatic N) is 1. The number of hydrazone groups is 1. The highest BCUT2D eigenvalue weighted by molar-refractivity contribution is 8.38. The van der Waals surface area contributed by atoms with Gasteiger partial charge in [0.1, 0.15) is 10.1 Å². The van der Waals surface area contributed by atoms with E-state index in [4.69, 9.17) is 0 Å². The minimum Gasteiger partial charge on any atom is -0.508 e. The molecule has 1 aromatic carbocycles. The van der Waals surface area contributed by atoms with E-state index >= 15 is 0 Å². The number of thioether (sulfide) groups is 2. The van der Waals surface area contributed by atoms with Crippen LogP contribution in [0.4, 0.5) is 0 Å². The fraction of sp³-hybridized carbons (Fsp3) is 0.200. The SMILES string of the molecule is CSC(=NNC(=O)c1cccc(O)c1)SC. The fourth-order valence-corrected chi connectivity index (χ4v) is 1.92. The Morgan fingerprint density at radius 2 is 2.06 bits per heavy atom. The molecule has 0 bridgehead atoms. The maximum atomic E-state index is 11.6. The molecule has 0 aliphatic carbocycles. The Morgan fingerprint density at radius 1 is 1.38 bits per heavy atom. The summed E-state index contributed by atoms with van der Waals surface area (Å²) in [6.07, 6.45) is 3.77. The summed E-state index contributed by atoms with van der Waals surface area (Å²) in [6.45, 7) is 0. The number of carbonyl (C=O) groups is 1. The van der Waals surface area contributed by atoms with Crippen LogP contribution >= 0.6 is 23.5 Å². The second-order valence-electron chi connectivity index (χ2n) is 2.78. The first kappa shape index (κ1) is 12.9. The Labute approximate surface area is 103 Å². The summed E-state index contributed by atoms with van der Waals surface area (Å²) in [7, 11) is 0. The van der Waals surface area contributed by atoms with Crippen molar-refractivity contribution in [2.45, 2.75) is 0 Å². The highest BCUT2D eigenvalue weighted by Crippen LogP contribution is 2.12. The van der Waals surface area contributed by atoms with E-state index in [-0.39, 0.29) is 11.7 Å². The Morgan fingerprint density at radius 3 is 2.62 bits per heavy atom. The van der Waals surface area contributed by atoms with Crippen LogP contribution in [-0.4, -0.2) is 27.9 Å². The molecule has 6 heteroatoms. The predicted molar refractivity (Wildman–Crippen MR) is 70.0 cm³/mol. The molecule has 0 unspecified atom stereocenters. The molecule has 0 spiro atoms. The minimum absolute atomic E-state index is 0.0617. The van der Waals surface area contributed by atoms with Gasteiger partial charge in [0.2, 0.25) is 0 Å². The number of rotatable bonds is 2. The third kappa shape index (κ3) is 3.79. The summed E-state index contributed by atoms with van der Waals surface area (Å²) >= 11 is 2.92. The van der Waals surface area contributed by atoms with Crippen molar-refractivity contribution in [1.82, 2.24) is 5.43 Å². The van der Waals surface area contributed by atoms with Crippen LogP contribution < -0.4 is 5.43 Å². The van der Waals surface area contributed by atoms with Crippen LogP contribution in [0.15, 0.2) is 29.4 Å². The van der Waals surface area contributed by atoms with E-state index in [2.05, 4.69) is 10.5 Å². The van der Waals surface area contributed by atoms with Gasteiger partial charge in [0.15, 0.2) is 0 Å². The van der Waals surface area contributed by atoms with Crippen LogP contribution in [0, 0.1) is 0 Å². The van der Waals surface area contributed by atoms with Crippen molar-refractivity contribution in [3.63, 3.8) is 0 Å². The first-order valence-electron chi connectivity index (χ1n) is 4.42. The molecule has 0 atom stereocenters.